The van der Waals surface area contributed by atoms with E-state index in [0.29, 0.717) is 21.3 Å². The largest absolute Gasteiger partial charge is 0.486 e. The number of ether oxygens (including phenoxy) is 1. The van der Waals surface area contributed by atoms with Crippen LogP contribution in [0.15, 0.2) is 70.8 Å². The van der Waals surface area contributed by atoms with Crippen LogP contribution in [0, 0.1) is 15.9 Å². The van der Waals surface area contributed by atoms with Crippen LogP contribution in [0.5, 0.6) is 5.75 Å². The fraction of sp³-hybridized carbons (Fsp3) is 0.0833. The summed E-state index contributed by atoms with van der Waals surface area (Å²) >= 11 is 9.76. The first-order valence-corrected chi connectivity index (χ1v) is 11.3. The second-order valence-corrected chi connectivity index (χ2v) is 8.76. The normalized spacial score (nSPS) is 14.4. The van der Waals surface area contributed by atoms with Crippen LogP contribution < -0.4 is 10.1 Å². The number of nitrogens with one attached hydrogen (secondary N) is 1. The Bertz CT molecular complexity index is 1340. The topological polar surface area (TPSA) is 102 Å². The number of nitro benzene ring substituents is 1. The van der Waals surface area contributed by atoms with Crippen LogP contribution >= 0.6 is 27.5 Å². The average Bonchev–Trinajstić information content (AvgIpc) is 3.07. The number of benzene rings is 3. The molecule has 0 unspecified atom stereocenters. The number of rotatable bonds is 7. The summed E-state index contributed by atoms with van der Waals surface area (Å²) in [6.45, 7) is -0.0785. The molecule has 1 aliphatic heterocycles. The molecule has 1 saturated heterocycles. The van der Waals surface area contributed by atoms with Crippen molar-refractivity contribution in [2.45, 2.75) is 13.2 Å². The molecule has 35 heavy (non-hydrogen) atoms. The molecule has 3 aromatic rings. The van der Waals surface area contributed by atoms with Gasteiger partial charge in [0, 0.05) is 17.7 Å². The second kappa shape index (κ2) is 10.2. The SMILES string of the molecule is O=C1N/C(=C/c2cc(Cl)c(OCc3ccc([N+](=O)[O-])cc3)c(Br)c2)C(=O)N1Cc1ccccc1F. The van der Waals surface area contributed by atoms with Gasteiger partial charge in [0.1, 0.15) is 18.1 Å². The number of non-ortho nitro benzene ring substituents is 1. The number of nitro groups is 1. The number of carbonyl (C=O) groups is 2. The Morgan fingerprint density at radius 3 is 2.51 bits per heavy atom. The van der Waals surface area contributed by atoms with E-state index in [4.69, 9.17) is 16.3 Å². The molecular weight excluding hydrogens is 545 g/mol. The number of amides is 3. The number of nitrogens with zero attached hydrogens (tertiary/aromatic N) is 2. The van der Waals surface area contributed by atoms with Crippen molar-refractivity contribution in [3.05, 3.63) is 108 Å². The molecule has 1 N–H and O–H groups in total. The Balaban J connectivity index is 1.48. The molecule has 4 rings (SSSR count). The van der Waals surface area contributed by atoms with Crippen molar-refractivity contribution >= 4 is 51.2 Å². The Morgan fingerprint density at radius 2 is 1.86 bits per heavy atom. The zero-order valence-corrected chi connectivity index (χ0v) is 20.2. The summed E-state index contributed by atoms with van der Waals surface area (Å²) in [5.41, 5.74) is 1.44. The van der Waals surface area contributed by atoms with E-state index in [-0.39, 0.29) is 35.1 Å². The molecule has 3 aromatic carbocycles. The molecule has 1 aliphatic rings. The summed E-state index contributed by atoms with van der Waals surface area (Å²) < 4.78 is 20.2. The van der Waals surface area contributed by atoms with E-state index >= 15 is 0 Å². The Hall–Kier alpha value is -3.76. The first kappa shape index (κ1) is 24.4. The smallest absolute Gasteiger partial charge is 0.329 e. The van der Waals surface area contributed by atoms with Gasteiger partial charge in [-0.2, -0.15) is 0 Å². The fourth-order valence-corrected chi connectivity index (χ4v) is 4.34. The van der Waals surface area contributed by atoms with Crippen molar-refractivity contribution in [3.63, 3.8) is 0 Å². The highest BCUT2D eigenvalue weighted by Gasteiger charge is 2.34. The first-order valence-electron chi connectivity index (χ1n) is 10.2. The molecule has 0 radical (unpaired) electrons. The van der Waals surface area contributed by atoms with Gasteiger partial charge in [-0.1, -0.05) is 29.8 Å². The maximum absolute atomic E-state index is 13.9. The van der Waals surface area contributed by atoms with E-state index in [2.05, 4.69) is 21.2 Å². The minimum Gasteiger partial charge on any atom is -0.486 e. The van der Waals surface area contributed by atoms with Crippen molar-refractivity contribution in [1.82, 2.24) is 10.2 Å². The Kier molecular flexibility index (Phi) is 7.13. The average molecular weight is 561 g/mol. The summed E-state index contributed by atoms with van der Waals surface area (Å²) in [5.74, 6) is -0.760. The zero-order chi connectivity index (χ0) is 25.1. The van der Waals surface area contributed by atoms with Crippen LogP contribution in [0.25, 0.3) is 6.08 Å². The lowest BCUT2D eigenvalue weighted by Gasteiger charge is -2.12. The third kappa shape index (κ3) is 5.50. The summed E-state index contributed by atoms with van der Waals surface area (Å²) in [4.78, 5) is 36.3. The molecule has 8 nitrogen and oxygen atoms in total. The fourth-order valence-electron chi connectivity index (χ4n) is 3.35. The van der Waals surface area contributed by atoms with Gasteiger partial charge in [0.25, 0.3) is 11.6 Å². The summed E-state index contributed by atoms with van der Waals surface area (Å²) in [7, 11) is 0. The summed E-state index contributed by atoms with van der Waals surface area (Å²) in [6.07, 6.45) is 1.46. The number of imide groups is 1. The van der Waals surface area contributed by atoms with Crippen LogP contribution in [0.3, 0.4) is 0 Å². The van der Waals surface area contributed by atoms with Crippen LogP contribution in [-0.4, -0.2) is 21.8 Å². The monoisotopic (exact) mass is 559 g/mol. The van der Waals surface area contributed by atoms with E-state index < -0.39 is 22.7 Å². The van der Waals surface area contributed by atoms with Crippen LogP contribution in [0.2, 0.25) is 5.02 Å². The van der Waals surface area contributed by atoms with Crippen LogP contribution in [0.1, 0.15) is 16.7 Å². The van der Waals surface area contributed by atoms with Gasteiger partial charge >= 0.3 is 6.03 Å². The van der Waals surface area contributed by atoms with E-state index in [1.54, 1.807) is 30.3 Å². The van der Waals surface area contributed by atoms with Crippen molar-refractivity contribution < 1.29 is 23.6 Å². The third-order valence-electron chi connectivity index (χ3n) is 5.11. The Morgan fingerprint density at radius 1 is 1.14 bits per heavy atom. The number of hydrogen-bond donors (Lipinski definition) is 1. The van der Waals surface area contributed by atoms with Crippen molar-refractivity contribution in [2.75, 3.05) is 0 Å². The molecule has 0 atom stereocenters. The van der Waals surface area contributed by atoms with Crippen molar-refractivity contribution in [1.29, 1.82) is 0 Å². The quantitative estimate of drug-likeness (QED) is 0.170. The number of carbonyl (C=O) groups excluding carboxylic acids is 2. The number of urea groups is 1. The molecule has 0 aromatic heterocycles. The second-order valence-electron chi connectivity index (χ2n) is 7.50. The minimum atomic E-state index is -0.655. The van der Waals surface area contributed by atoms with E-state index in [0.717, 1.165) is 4.90 Å². The highest BCUT2D eigenvalue weighted by molar-refractivity contribution is 9.10. The van der Waals surface area contributed by atoms with Gasteiger partial charge in [0.2, 0.25) is 0 Å². The van der Waals surface area contributed by atoms with Gasteiger partial charge in [0.05, 0.1) is 21.0 Å². The zero-order valence-electron chi connectivity index (χ0n) is 17.8. The number of halogens is 3. The highest BCUT2D eigenvalue weighted by Crippen LogP contribution is 2.36. The lowest BCUT2D eigenvalue weighted by molar-refractivity contribution is -0.384. The Labute approximate surface area is 212 Å². The van der Waals surface area contributed by atoms with Gasteiger partial charge < -0.3 is 10.1 Å². The molecule has 178 valence electrons. The van der Waals surface area contributed by atoms with Gasteiger partial charge in [-0.3, -0.25) is 19.8 Å². The molecule has 1 heterocycles. The van der Waals surface area contributed by atoms with Gasteiger partial charge in [-0.05, 0) is 63.5 Å². The van der Waals surface area contributed by atoms with Crippen molar-refractivity contribution in [2.24, 2.45) is 0 Å². The van der Waals surface area contributed by atoms with Gasteiger partial charge in [0.15, 0.2) is 5.75 Å². The van der Waals surface area contributed by atoms with Crippen molar-refractivity contribution in [3.8, 4) is 5.75 Å². The van der Waals surface area contributed by atoms with Crippen LogP contribution in [-0.2, 0) is 17.9 Å². The molecule has 0 bridgehead atoms. The van der Waals surface area contributed by atoms with Gasteiger partial charge in [-0.25, -0.2) is 9.18 Å². The minimum absolute atomic E-state index is 0.0219. The molecule has 11 heteroatoms. The summed E-state index contributed by atoms with van der Waals surface area (Å²) in [5, 5.41) is 13.5. The van der Waals surface area contributed by atoms with Gasteiger partial charge in [-0.15, -0.1) is 0 Å². The van der Waals surface area contributed by atoms with E-state index in [1.165, 1.54) is 36.4 Å². The molecule has 1 fully saturated rings. The van der Waals surface area contributed by atoms with E-state index in [9.17, 15) is 24.1 Å². The highest BCUT2D eigenvalue weighted by atomic mass is 79.9. The maximum atomic E-state index is 13.9. The maximum Gasteiger partial charge on any atom is 0.329 e. The predicted molar refractivity (Wildman–Crippen MR) is 130 cm³/mol. The molecule has 0 saturated carbocycles. The lowest BCUT2D eigenvalue weighted by Crippen LogP contribution is -2.30. The standard InChI is InChI=1S/C24H16BrClFN3O5/c25-18-9-15(10-19(26)22(18)35-13-14-5-7-17(8-6-14)30(33)34)11-21-23(31)29(24(32)28-21)12-16-3-1-2-4-20(16)27/h1-11H,12-13H2,(H,28,32)/b21-11+. The van der Waals surface area contributed by atoms with E-state index in [1.807, 2.05) is 0 Å². The molecule has 0 spiro atoms. The first-order chi connectivity index (χ1) is 16.7. The number of hydrogen-bond acceptors (Lipinski definition) is 5. The van der Waals surface area contributed by atoms with Crippen LogP contribution in [0.4, 0.5) is 14.9 Å². The molecular formula is C24H16BrClFN3O5. The molecule has 3 amide bonds. The predicted octanol–water partition coefficient (Wildman–Crippen LogP) is 5.82. The summed E-state index contributed by atoms with van der Waals surface area (Å²) in [6, 6.07) is 14.4. The molecule has 0 aliphatic carbocycles. The lowest BCUT2D eigenvalue weighted by atomic mass is 10.1. The third-order valence-corrected chi connectivity index (χ3v) is 5.98.